The largest absolute Gasteiger partial charge is 0.459 e. The number of rotatable bonds is 2. The summed E-state index contributed by atoms with van der Waals surface area (Å²) in [5.74, 6) is -2.09. The number of hydrogen-bond acceptors (Lipinski definition) is 7. The number of esters is 1. The second-order valence-electron chi connectivity index (χ2n) is 11.0. The number of carbonyl (C=O) groups excluding carboxylic acids is 3. The molecule has 2 aromatic carbocycles. The normalized spacial score (nSPS) is 24.5. The Hall–Kier alpha value is -3.99. The summed E-state index contributed by atoms with van der Waals surface area (Å²) in [6.07, 6.45) is 0. The first-order valence-corrected chi connectivity index (χ1v) is 12.9. The number of likely N-dealkylation sites (N-methyl/N-ethyl adjacent to an activating group) is 1. The van der Waals surface area contributed by atoms with Crippen LogP contribution < -0.4 is 15.1 Å². The van der Waals surface area contributed by atoms with Crippen molar-refractivity contribution in [1.82, 2.24) is 5.32 Å². The van der Waals surface area contributed by atoms with Crippen molar-refractivity contribution in [2.24, 2.45) is 5.41 Å². The van der Waals surface area contributed by atoms with Crippen LogP contribution in [0.2, 0.25) is 5.02 Å². The Labute approximate surface area is 235 Å². The molecule has 1 fully saturated rings. The third-order valence-electron chi connectivity index (χ3n) is 7.57. The lowest BCUT2D eigenvalue weighted by Crippen LogP contribution is -2.65. The maximum absolute atomic E-state index is 14.9. The molecule has 3 aliphatic heterocycles. The van der Waals surface area contributed by atoms with Crippen LogP contribution in [0.3, 0.4) is 0 Å². The van der Waals surface area contributed by atoms with E-state index in [2.05, 4.69) is 5.32 Å². The highest BCUT2D eigenvalue weighted by atomic mass is 35.5. The first-order chi connectivity index (χ1) is 18.2. The third kappa shape index (κ3) is 3.10. The van der Waals surface area contributed by atoms with Gasteiger partial charge in [-0.3, -0.25) is 19.3 Å². The summed E-state index contributed by atoms with van der Waals surface area (Å²) in [6, 6.07) is 13.8. The molecule has 3 heterocycles. The van der Waals surface area contributed by atoms with Crippen molar-refractivity contribution in [3.05, 3.63) is 58.1 Å². The number of benzene rings is 2. The summed E-state index contributed by atoms with van der Waals surface area (Å²) in [5, 5.41) is 24.5. The van der Waals surface area contributed by atoms with E-state index in [-0.39, 0.29) is 21.3 Å². The Morgan fingerprint density at radius 3 is 2.33 bits per heavy atom. The van der Waals surface area contributed by atoms with Crippen LogP contribution >= 0.6 is 23.8 Å². The van der Waals surface area contributed by atoms with Crippen molar-refractivity contribution in [3.8, 4) is 12.1 Å². The van der Waals surface area contributed by atoms with Gasteiger partial charge in [-0.05, 0) is 57.5 Å². The lowest BCUT2D eigenvalue weighted by molar-refractivity contribution is -0.153. The standard InChI is InChI=1S/C28H24ClN5O4S/c1-15-6-8-19-18(10-15)28(24(37)33(19)5)27(26(13-30,14-31)22(39)32-28)17-11-16(29)7-9-20(17)34(23(27)36)12-21(35)38-25(2,3)4/h6-11H,12H2,1-5H3,(H,32,39)/t27-,28+/m0/s1. The fourth-order valence-electron chi connectivity index (χ4n) is 6.16. The van der Waals surface area contributed by atoms with E-state index in [0.29, 0.717) is 11.3 Å². The number of nitrogens with one attached hydrogen (secondary N) is 1. The van der Waals surface area contributed by atoms with Crippen LogP contribution in [-0.4, -0.2) is 42.0 Å². The zero-order chi connectivity index (χ0) is 28.7. The molecule has 2 aromatic rings. The molecule has 2 atom stereocenters. The molecule has 11 heteroatoms. The molecule has 2 spiro atoms. The number of nitriles is 2. The molecule has 0 radical (unpaired) electrons. The Morgan fingerprint density at radius 1 is 1.08 bits per heavy atom. The second kappa shape index (κ2) is 8.25. The van der Waals surface area contributed by atoms with Gasteiger partial charge < -0.3 is 15.0 Å². The van der Waals surface area contributed by atoms with Crippen LogP contribution in [-0.2, 0) is 30.1 Å². The van der Waals surface area contributed by atoms with E-state index < -0.39 is 46.3 Å². The summed E-state index contributed by atoms with van der Waals surface area (Å²) in [7, 11) is 1.55. The average Bonchev–Trinajstić information content (AvgIpc) is 3.33. The molecule has 0 unspecified atom stereocenters. The number of amides is 2. The van der Waals surface area contributed by atoms with Crippen LogP contribution in [0.5, 0.6) is 0 Å². The van der Waals surface area contributed by atoms with E-state index in [1.807, 2.05) is 25.1 Å². The highest BCUT2D eigenvalue weighted by Crippen LogP contribution is 2.67. The maximum atomic E-state index is 14.9. The van der Waals surface area contributed by atoms with Crippen LogP contribution in [0.15, 0.2) is 36.4 Å². The number of carbonyl (C=O) groups is 3. The van der Waals surface area contributed by atoms with E-state index in [0.717, 1.165) is 10.5 Å². The van der Waals surface area contributed by atoms with Gasteiger partial charge in [-0.15, -0.1) is 0 Å². The zero-order valence-electron chi connectivity index (χ0n) is 21.9. The van der Waals surface area contributed by atoms with E-state index in [4.69, 9.17) is 28.6 Å². The van der Waals surface area contributed by atoms with Gasteiger partial charge in [0.2, 0.25) is 11.3 Å². The van der Waals surface area contributed by atoms with Gasteiger partial charge in [0.15, 0.2) is 11.0 Å². The molecule has 1 N–H and O–H groups in total. The molecule has 0 bridgehead atoms. The molecule has 39 heavy (non-hydrogen) atoms. The van der Waals surface area contributed by atoms with Crippen LogP contribution in [0.1, 0.15) is 37.5 Å². The van der Waals surface area contributed by atoms with Gasteiger partial charge in [-0.2, -0.15) is 10.5 Å². The Morgan fingerprint density at radius 2 is 1.72 bits per heavy atom. The molecule has 0 aromatic heterocycles. The minimum atomic E-state index is -2.32. The lowest BCUT2D eigenvalue weighted by Gasteiger charge is -2.41. The van der Waals surface area contributed by atoms with E-state index in [1.54, 1.807) is 40.0 Å². The minimum Gasteiger partial charge on any atom is -0.459 e. The number of hydrogen-bond donors (Lipinski definition) is 1. The molecule has 1 saturated heterocycles. The number of fused-ring (bicyclic) bond motifs is 5. The van der Waals surface area contributed by atoms with E-state index in [9.17, 15) is 24.9 Å². The molecule has 198 valence electrons. The van der Waals surface area contributed by atoms with Crippen LogP contribution in [0.4, 0.5) is 11.4 Å². The molecule has 5 rings (SSSR count). The third-order valence-corrected chi connectivity index (χ3v) is 8.21. The summed E-state index contributed by atoms with van der Waals surface area (Å²) in [6.45, 7) is 6.40. The van der Waals surface area contributed by atoms with E-state index in [1.165, 1.54) is 23.1 Å². The fraction of sp³-hybridized carbons (Fsp3) is 0.357. The van der Waals surface area contributed by atoms with Gasteiger partial charge in [0.1, 0.15) is 17.1 Å². The molecule has 9 nitrogen and oxygen atoms in total. The van der Waals surface area contributed by atoms with Crippen molar-refractivity contribution >= 4 is 58.0 Å². The highest BCUT2D eigenvalue weighted by Gasteiger charge is 2.84. The molecular formula is C28H24ClN5O4S. The van der Waals surface area contributed by atoms with Crippen LogP contribution in [0, 0.1) is 35.0 Å². The Bertz CT molecular complexity index is 1590. The molecular weight excluding hydrogens is 538 g/mol. The topological polar surface area (TPSA) is 127 Å². The summed E-state index contributed by atoms with van der Waals surface area (Å²) in [5.41, 5.74) is -5.28. The van der Waals surface area contributed by atoms with Gasteiger partial charge >= 0.3 is 5.97 Å². The summed E-state index contributed by atoms with van der Waals surface area (Å²) in [4.78, 5) is 44.5. The number of aryl methyl sites for hydroxylation is 1. The first kappa shape index (κ1) is 26.6. The number of ether oxygens (including phenoxy) is 1. The molecule has 0 saturated carbocycles. The van der Waals surface area contributed by atoms with Crippen LogP contribution in [0.25, 0.3) is 0 Å². The lowest BCUT2D eigenvalue weighted by atomic mass is 9.53. The van der Waals surface area contributed by atoms with E-state index >= 15 is 0 Å². The van der Waals surface area contributed by atoms with Crippen molar-refractivity contribution in [1.29, 1.82) is 10.5 Å². The number of halogens is 1. The Balaban J connectivity index is 1.90. The second-order valence-corrected chi connectivity index (χ2v) is 11.8. The SMILES string of the molecule is Cc1ccc2c(c1)[C@@]1(NC(=S)C(C#N)(C#N)[C@]13C(=O)N(CC(=O)OC(C)(C)C)c1ccc(Cl)cc13)C(=O)N2C. The smallest absolute Gasteiger partial charge is 0.326 e. The first-order valence-electron chi connectivity index (χ1n) is 12.1. The molecule has 2 amide bonds. The molecule has 3 aliphatic rings. The quantitative estimate of drug-likeness (QED) is 0.436. The van der Waals surface area contributed by atoms with Crippen molar-refractivity contribution in [2.45, 2.75) is 44.2 Å². The van der Waals surface area contributed by atoms with Gasteiger partial charge in [0.05, 0.1) is 12.1 Å². The highest BCUT2D eigenvalue weighted by molar-refractivity contribution is 7.80. The average molecular weight is 562 g/mol. The summed E-state index contributed by atoms with van der Waals surface area (Å²) >= 11 is 12.1. The monoisotopic (exact) mass is 561 g/mol. The number of anilines is 2. The van der Waals surface area contributed by atoms with Crippen molar-refractivity contribution < 1.29 is 19.1 Å². The van der Waals surface area contributed by atoms with Crippen molar-refractivity contribution in [3.63, 3.8) is 0 Å². The van der Waals surface area contributed by atoms with Gasteiger partial charge in [-0.25, -0.2) is 0 Å². The molecule has 0 aliphatic carbocycles. The van der Waals surface area contributed by atoms with Gasteiger partial charge in [-0.1, -0.05) is 41.5 Å². The predicted octanol–water partition coefficient (Wildman–Crippen LogP) is 3.41. The van der Waals surface area contributed by atoms with Gasteiger partial charge in [0, 0.05) is 29.0 Å². The number of nitrogens with zero attached hydrogens (tertiary/aromatic N) is 4. The van der Waals surface area contributed by atoms with Gasteiger partial charge in [0.25, 0.3) is 5.91 Å². The predicted molar refractivity (Wildman–Crippen MR) is 147 cm³/mol. The zero-order valence-corrected chi connectivity index (χ0v) is 23.5. The minimum absolute atomic E-state index is 0.148. The summed E-state index contributed by atoms with van der Waals surface area (Å²) < 4.78 is 5.49. The van der Waals surface area contributed by atoms with Crippen molar-refractivity contribution in [2.75, 3.05) is 23.4 Å². The number of thiocarbonyl (C=S) groups is 1. The fourth-order valence-corrected chi connectivity index (χ4v) is 6.73. The Kier molecular flexibility index (Phi) is 5.63. The maximum Gasteiger partial charge on any atom is 0.326 e.